The molecule has 5 heteroatoms. The second-order valence-electron chi connectivity index (χ2n) is 4.55. The lowest BCUT2D eigenvalue weighted by Gasteiger charge is -2.10. The molecular formula is C16H12F4O. The highest BCUT2D eigenvalue weighted by Gasteiger charge is 2.34. The van der Waals surface area contributed by atoms with Gasteiger partial charge in [-0.15, -0.1) is 0 Å². The Kier molecular flexibility index (Phi) is 4.11. The smallest absolute Gasteiger partial charge is 0.294 e. The van der Waals surface area contributed by atoms with Gasteiger partial charge in [0.1, 0.15) is 5.82 Å². The van der Waals surface area contributed by atoms with E-state index in [4.69, 9.17) is 0 Å². The third-order valence-electron chi connectivity index (χ3n) is 3.13. The molecule has 2 aromatic carbocycles. The van der Waals surface area contributed by atoms with E-state index in [9.17, 15) is 22.4 Å². The predicted octanol–water partition coefficient (Wildman–Crippen LogP) is 5.10. The van der Waals surface area contributed by atoms with Crippen LogP contribution in [0, 0.1) is 5.82 Å². The molecule has 0 aromatic heterocycles. The van der Waals surface area contributed by atoms with Crippen LogP contribution in [0.1, 0.15) is 29.3 Å². The molecule has 0 unspecified atom stereocenters. The number of carbonyl (C=O) groups excluding carboxylic acids is 1. The van der Waals surface area contributed by atoms with E-state index in [2.05, 4.69) is 0 Å². The van der Waals surface area contributed by atoms with Crippen molar-refractivity contribution in [1.29, 1.82) is 0 Å². The molecule has 110 valence electrons. The first-order valence-electron chi connectivity index (χ1n) is 6.33. The van der Waals surface area contributed by atoms with E-state index in [-0.39, 0.29) is 11.3 Å². The van der Waals surface area contributed by atoms with Crippen molar-refractivity contribution in [2.24, 2.45) is 0 Å². The second kappa shape index (κ2) is 5.68. The molecule has 0 spiro atoms. The Bertz CT molecular complexity index is 657. The first kappa shape index (κ1) is 15.2. The van der Waals surface area contributed by atoms with Crippen molar-refractivity contribution < 1.29 is 22.4 Å². The van der Waals surface area contributed by atoms with Gasteiger partial charge in [0.25, 0.3) is 0 Å². The van der Waals surface area contributed by atoms with E-state index in [0.717, 1.165) is 12.1 Å². The maximum absolute atomic E-state index is 13.2. The second-order valence-corrected chi connectivity index (χ2v) is 4.55. The fourth-order valence-corrected chi connectivity index (χ4v) is 1.97. The minimum absolute atomic E-state index is 0.0448. The summed E-state index contributed by atoms with van der Waals surface area (Å²) in [5.74, 6) is -1.35. The van der Waals surface area contributed by atoms with E-state index in [0.29, 0.717) is 17.5 Å². The van der Waals surface area contributed by atoms with Crippen LogP contribution in [0.4, 0.5) is 17.6 Å². The maximum atomic E-state index is 13.2. The molecule has 0 aliphatic rings. The fourth-order valence-electron chi connectivity index (χ4n) is 1.97. The molecule has 0 saturated heterocycles. The minimum Gasteiger partial charge on any atom is -0.294 e. The Balaban J connectivity index is 2.41. The van der Waals surface area contributed by atoms with Crippen LogP contribution in [-0.4, -0.2) is 5.78 Å². The first-order chi connectivity index (χ1) is 9.82. The fraction of sp³-hybridized carbons (Fsp3) is 0.188. The van der Waals surface area contributed by atoms with Gasteiger partial charge in [-0.25, -0.2) is 4.39 Å². The number of rotatable bonds is 3. The highest BCUT2D eigenvalue weighted by Crippen LogP contribution is 2.34. The van der Waals surface area contributed by atoms with Gasteiger partial charge in [0.05, 0.1) is 5.56 Å². The lowest BCUT2D eigenvalue weighted by molar-refractivity contribution is -0.139. The largest absolute Gasteiger partial charge is 0.419 e. The quantitative estimate of drug-likeness (QED) is 0.568. The number of halogens is 4. The Morgan fingerprint density at radius 1 is 1.00 bits per heavy atom. The summed E-state index contributed by atoms with van der Waals surface area (Å²) < 4.78 is 51.3. The van der Waals surface area contributed by atoms with E-state index in [1.54, 1.807) is 31.2 Å². The van der Waals surface area contributed by atoms with Crippen LogP contribution < -0.4 is 0 Å². The molecule has 1 nitrogen and oxygen atoms in total. The third-order valence-corrected chi connectivity index (χ3v) is 3.13. The van der Waals surface area contributed by atoms with Gasteiger partial charge in [0, 0.05) is 12.0 Å². The number of Topliss-reactive ketones (excluding diaryl/α,β-unsaturated/α-hetero) is 1. The van der Waals surface area contributed by atoms with E-state index >= 15 is 0 Å². The summed E-state index contributed by atoms with van der Waals surface area (Å²) in [6.45, 7) is 1.73. The highest BCUT2D eigenvalue weighted by molar-refractivity contribution is 5.96. The zero-order valence-corrected chi connectivity index (χ0v) is 11.2. The van der Waals surface area contributed by atoms with Crippen LogP contribution in [0.3, 0.4) is 0 Å². The molecule has 0 fully saturated rings. The van der Waals surface area contributed by atoms with Crippen LogP contribution in [-0.2, 0) is 6.18 Å². The van der Waals surface area contributed by atoms with Gasteiger partial charge in [0.2, 0.25) is 0 Å². The van der Waals surface area contributed by atoms with Crippen LogP contribution >= 0.6 is 0 Å². The topological polar surface area (TPSA) is 17.1 Å². The normalized spacial score (nSPS) is 11.5. The maximum Gasteiger partial charge on any atom is 0.419 e. The van der Waals surface area contributed by atoms with E-state index in [1.165, 1.54) is 6.07 Å². The Morgan fingerprint density at radius 3 is 2.10 bits per heavy atom. The molecule has 0 radical (unpaired) electrons. The number of alkyl halides is 3. The molecule has 2 rings (SSSR count). The molecule has 0 saturated carbocycles. The molecule has 0 N–H and O–H groups in total. The van der Waals surface area contributed by atoms with Crippen molar-refractivity contribution in [3.8, 4) is 11.1 Å². The summed E-state index contributed by atoms with van der Waals surface area (Å²) in [4.78, 5) is 11.5. The van der Waals surface area contributed by atoms with Crippen molar-refractivity contribution in [1.82, 2.24) is 0 Å². The van der Waals surface area contributed by atoms with Crippen LogP contribution in [0.15, 0.2) is 42.5 Å². The van der Waals surface area contributed by atoms with Crippen molar-refractivity contribution in [2.75, 3.05) is 0 Å². The monoisotopic (exact) mass is 296 g/mol. The van der Waals surface area contributed by atoms with Crippen molar-refractivity contribution in [3.05, 3.63) is 59.4 Å². The molecule has 0 aliphatic heterocycles. The van der Waals surface area contributed by atoms with E-state index < -0.39 is 17.6 Å². The standard InChI is InChI=1S/C16H12F4O/c1-2-15(21)11-5-3-10(4-6-11)12-7-8-14(17)13(9-12)16(18,19)20/h3-9H,2H2,1H3. The van der Waals surface area contributed by atoms with Crippen molar-refractivity contribution in [2.45, 2.75) is 19.5 Å². The van der Waals surface area contributed by atoms with Crippen molar-refractivity contribution >= 4 is 5.78 Å². The average Bonchev–Trinajstić information content (AvgIpc) is 2.46. The molecule has 2 aromatic rings. The zero-order chi connectivity index (χ0) is 15.6. The van der Waals surface area contributed by atoms with E-state index in [1.807, 2.05) is 0 Å². The number of ketones is 1. The van der Waals surface area contributed by atoms with Crippen LogP contribution in [0.2, 0.25) is 0 Å². The van der Waals surface area contributed by atoms with Gasteiger partial charge in [0.15, 0.2) is 5.78 Å². The Hall–Kier alpha value is -2.17. The molecule has 0 aliphatic carbocycles. The summed E-state index contributed by atoms with van der Waals surface area (Å²) in [5.41, 5.74) is -0.0551. The Morgan fingerprint density at radius 2 is 1.57 bits per heavy atom. The number of hydrogen-bond donors (Lipinski definition) is 0. The van der Waals surface area contributed by atoms with Gasteiger partial charge in [-0.1, -0.05) is 37.3 Å². The lowest BCUT2D eigenvalue weighted by Crippen LogP contribution is -2.08. The molecule has 21 heavy (non-hydrogen) atoms. The highest BCUT2D eigenvalue weighted by atomic mass is 19.4. The van der Waals surface area contributed by atoms with Crippen LogP contribution in [0.5, 0.6) is 0 Å². The molecule has 0 heterocycles. The summed E-state index contributed by atoms with van der Waals surface area (Å²) >= 11 is 0. The number of carbonyl (C=O) groups is 1. The van der Waals surface area contributed by atoms with Crippen molar-refractivity contribution in [3.63, 3.8) is 0 Å². The predicted molar refractivity (Wildman–Crippen MR) is 71.5 cm³/mol. The molecule has 0 bridgehead atoms. The summed E-state index contributed by atoms with van der Waals surface area (Å²) in [5, 5.41) is 0. The summed E-state index contributed by atoms with van der Waals surface area (Å²) in [7, 11) is 0. The summed E-state index contributed by atoms with van der Waals surface area (Å²) in [6, 6.07) is 9.05. The zero-order valence-electron chi connectivity index (χ0n) is 11.2. The average molecular weight is 296 g/mol. The van der Waals surface area contributed by atoms with Gasteiger partial charge >= 0.3 is 6.18 Å². The number of hydrogen-bond acceptors (Lipinski definition) is 1. The SMILES string of the molecule is CCC(=O)c1ccc(-c2ccc(F)c(C(F)(F)F)c2)cc1. The van der Waals surface area contributed by atoms with Gasteiger partial charge < -0.3 is 0 Å². The van der Waals surface area contributed by atoms with Gasteiger partial charge in [-0.3, -0.25) is 4.79 Å². The third kappa shape index (κ3) is 3.29. The lowest BCUT2D eigenvalue weighted by atomic mass is 10.00. The number of benzene rings is 2. The minimum atomic E-state index is -4.74. The first-order valence-corrected chi connectivity index (χ1v) is 6.33. The molecule has 0 amide bonds. The Labute approximate surface area is 119 Å². The molecule has 0 atom stereocenters. The summed E-state index contributed by atoms with van der Waals surface area (Å²) in [6.07, 6.45) is -4.38. The van der Waals surface area contributed by atoms with Gasteiger partial charge in [-0.05, 0) is 23.3 Å². The van der Waals surface area contributed by atoms with Crippen LogP contribution in [0.25, 0.3) is 11.1 Å². The molecular weight excluding hydrogens is 284 g/mol. The van der Waals surface area contributed by atoms with Gasteiger partial charge in [-0.2, -0.15) is 13.2 Å².